The number of hydrogen-bond acceptors (Lipinski definition) is 4. The second kappa shape index (κ2) is 12.3. The first-order valence-electron chi connectivity index (χ1n) is 9.53. The molecule has 0 spiro atoms. The van der Waals surface area contributed by atoms with Gasteiger partial charge in [0.1, 0.15) is 0 Å². The van der Waals surface area contributed by atoms with Gasteiger partial charge in [-0.3, -0.25) is 9.89 Å². The van der Waals surface area contributed by atoms with Gasteiger partial charge in [-0.1, -0.05) is 13.8 Å². The fourth-order valence-corrected chi connectivity index (χ4v) is 3.59. The predicted molar refractivity (Wildman–Crippen MR) is 114 cm³/mol. The lowest BCUT2D eigenvalue weighted by molar-refractivity contribution is -0.0288. The Morgan fingerprint density at radius 1 is 1.28 bits per heavy atom. The van der Waals surface area contributed by atoms with Gasteiger partial charge in [-0.25, -0.2) is 0 Å². The van der Waals surface area contributed by atoms with Crippen LogP contribution in [0.2, 0.25) is 0 Å². The molecule has 0 radical (unpaired) electrons. The van der Waals surface area contributed by atoms with Crippen LogP contribution in [0.5, 0.6) is 0 Å². The number of aliphatic imine (C=N–C) groups is 1. The molecule has 0 aromatic carbocycles. The summed E-state index contributed by atoms with van der Waals surface area (Å²) in [5.41, 5.74) is 0. The Kier molecular flexibility index (Phi) is 11.3. The molecule has 25 heavy (non-hydrogen) atoms. The van der Waals surface area contributed by atoms with E-state index in [-0.39, 0.29) is 30.1 Å². The maximum Gasteiger partial charge on any atom is 0.193 e. The summed E-state index contributed by atoms with van der Waals surface area (Å²) in [6.07, 6.45) is 2.82. The van der Waals surface area contributed by atoms with E-state index in [1.165, 1.54) is 0 Å². The van der Waals surface area contributed by atoms with Crippen LogP contribution in [0.3, 0.4) is 0 Å². The van der Waals surface area contributed by atoms with E-state index < -0.39 is 0 Å². The Morgan fingerprint density at radius 2 is 2.00 bits per heavy atom. The van der Waals surface area contributed by atoms with Crippen LogP contribution in [0.25, 0.3) is 0 Å². The van der Waals surface area contributed by atoms with Crippen LogP contribution >= 0.6 is 24.0 Å². The lowest BCUT2D eigenvalue weighted by Gasteiger charge is -2.36. The second-order valence-corrected chi connectivity index (χ2v) is 7.22. The molecule has 0 amide bonds. The van der Waals surface area contributed by atoms with E-state index in [9.17, 15) is 0 Å². The molecule has 2 heterocycles. The molecule has 2 saturated heterocycles. The number of likely N-dealkylation sites (tertiary alicyclic amines) is 1. The normalized spacial score (nSPS) is 23.6. The molecule has 0 bridgehead atoms. The molecule has 2 aliphatic heterocycles. The molecule has 1 atom stereocenters. The van der Waals surface area contributed by atoms with Crippen molar-refractivity contribution in [2.75, 3.05) is 59.5 Å². The van der Waals surface area contributed by atoms with E-state index in [0.29, 0.717) is 12.0 Å². The van der Waals surface area contributed by atoms with Gasteiger partial charge in [0, 0.05) is 52.9 Å². The molecule has 1 N–H and O–H groups in total. The maximum atomic E-state index is 5.92. The van der Waals surface area contributed by atoms with Crippen molar-refractivity contribution in [3.63, 3.8) is 0 Å². The van der Waals surface area contributed by atoms with E-state index in [4.69, 9.17) is 9.47 Å². The van der Waals surface area contributed by atoms with E-state index in [2.05, 4.69) is 40.9 Å². The molecule has 2 rings (SSSR count). The van der Waals surface area contributed by atoms with Crippen LogP contribution in [0.4, 0.5) is 0 Å². The summed E-state index contributed by atoms with van der Waals surface area (Å²) >= 11 is 0. The summed E-state index contributed by atoms with van der Waals surface area (Å²) in [7, 11) is 1.86. The number of halogens is 1. The number of hydrogen-bond donors (Lipinski definition) is 1. The molecular formula is C18H37IN4O2. The van der Waals surface area contributed by atoms with Crippen molar-refractivity contribution in [3.8, 4) is 0 Å². The third kappa shape index (κ3) is 7.97. The zero-order valence-electron chi connectivity index (χ0n) is 16.4. The van der Waals surface area contributed by atoms with Crippen LogP contribution in [0.15, 0.2) is 4.99 Å². The molecular weight excluding hydrogens is 431 g/mol. The Bertz CT molecular complexity index is 387. The monoisotopic (exact) mass is 468 g/mol. The van der Waals surface area contributed by atoms with E-state index in [1.54, 1.807) is 0 Å². The number of rotatable bonds is 6. The minimum atomic E-state index is 0. The lowest BCUT2D eigenvalue weighted by atomic mass is 10.1. The molecule has 2 aliphatic rings. The zero-order valence-corrected chi connectivity index (χ0v) is 18.7. The van der Waals surface area contributed by atoms with Crippen molar-refractivity contribution in [2.45, 2.75) is 45.8 Å². The quantitative estimate of drug-likeness (QED) is 0.368. The molecule has 0 aliphatic carbocycles. The molecule has 7 heteroatoms. The third-order valence-electron chi connectivity index (χ3n) is 4.69. The molecule has 2 fully saturated rings. The predicted octanol–water partition coefficient (Wildman–Crippen LogP) is 2.04. The van der Waals surface area contributed by atoms with Gasteiger partial charge in [-0.05, 0) is 25.7 Å². The van der Waals surface area contributed by atoms with Crippen molar-refractivity contribution >= 4 is 29.9 Å². The first kappa shape index (κ1) is 22.9. The Hall–Kier alpha value is -0.120. The minimum absolute atomic E-state index is 0. The van der Waals surface area contributed by atoms with Crippen molar-refractivity contribution in [2.24, 2.45) is 10.9 Å². The molecule has 1 unspecified atom stereocenters. The number of piperidine rings is 1. The summed E-state index contributed by atoms with van der Waals surface area (Å²) in [4.78, 5) is 9.30. The van der Waals surface area contributed by atoms with Crippen molar-refractivity contribution in [3.05, 3.63) is 0 Å². The summed E-state index contributed by atoms with van der Waals surface area (Å²) in [5.74, 6) is 1.70. The van der Waals surface area contributed by atoms with Crippen LogP contribution < -0.4 is 5.32 Å². The number of guanidine groups is 1. The van der Waals surface area contributed by atoms with Gasteiger partial charge in [-0.2, -0.15) is 0 Å². The lowest BCUT2D eigenvalue weighted by Crippen LogP contribution is -2.52. The average Bonchev–Trinajstić information content (AvgIpc) is 2.57. The standard InChI is InChI=1S/C18H36N4O2.HI/c1-5-23-16-6-8-22(9-7-16)18(19-4)20-12-17-14-21(10-11-24-17)13-15(2)3;/h15-17H,5-14H2,1-4H3,(H,19,20);1H. The zero-order chi connectivity index (χ0) is 17.4. The fraction of sp³-hybridized carbons (Fsp3) is 0.944. The summed E-state index contributed by atoms with van der Waals surface area (Å²) in [5, 5.41) is 3.51. The SMILES string of the molecule is CCOC1CCN(C(=NC)NCC2CN(CC(C)C)CCO2)CC1.I. The third-order valence-corrected chi connectivity index (χ3v) is 4.69. The average molecular weight is 468 g/mol. The van der Waals surface area contributed by atoms with Crippen LogP contribution in [0.1, 0.15) is 33.6 Å². The highest BCUT2D eigenvalue weighted by atomic mass is 127. The van der Waals surface area contributed by atoms with Gasteiger partial charge in [-0.15, -0.1) is 24.0 Å². The molecule has 0 aromatic rings. The van der Waals surface area contributed by atoms with Crippen LogP contribution in [-0.4, -0.2) is 87.5 Å². The second-order valence-electron chi connectivity index (χ2n) is 7.22. The maximum absolute atomic E-state index is 5.92. The Labute approximate surface area is 170 Å². The summed E-state index contributed by atoms with van der Waals surface area (Å²) < 4.78 is 11.7. The van der Waals surface area contributed by atoms with Gasteiger partial charge in [0.15, 0.2) is 5.96 Å². The Balaban J connectivity index is 0.00000312. The van der Waals surface area contributed by atoms with Gasteiger partial charge in [0.05, 0.1) is 18.8 Å². The number of nitrogens with one attached hydrogen (secondary N) is 1. The van der Waals surface area contributed by atoms with Crippen molar-refractivity contribution in [1.82, 2.24) is 15.1 Å². The largest absolute Gasteiger partial charge is 0.378 e. The number of ether oxygens (including phenoxy) is 2. The number of nitrogens with zero attached hydrogens (tertiary/aromatic N) is 3. The summed E-state index contributed by atoms with van der Waals surface area (Å²) in [6, 6.07) is 0. The highest BCUT2D eigenvalue weighted by Gasteiger charge is 2.24. The molecule has 0 saturated carbocycles. The van der Waals surface area contributed by atoms with E-state index in [1.807, 2.05) is 7.05 Å². The van der Waals surface area contributed by atoms with Crippen molar-refractivity contribution in [1.29, 1.82) is 0 Å². The number of morpholine rings is 1. The van der Waals surface area contributed by atoms with Gasteiger partial charge in [0.25, 0.3) is 0 Å². The topological polar surface area (TPSA) is 49.3 Å². The Morgan fingerprint density at radius 3 is 2.60 bits per heavy atom. The van der Waals surface area contributed by atoms with Crippen LogP contribution in [0, 0.1) is 5.92 Å². The minimum Gasteiger partial charge on any atom is -0.378 e. The molecule has 6 nitrogen and oxygen atoms in total. The van der Waals surface area contributed by atoms with Gasteiger partial charge >= 0.3 is 0 Å². The van der Waals surface area contributed by atoms with Crippen LogP contribution in [-0.2, 0) is 9.47 Å². The highest BCUT2D eigenvalue weighted by Crippen LogP contribution is 2.14. The van der Waals surface area contributed by atoms with Crippen molar-refractivity contribution < 1.29 is 9.47 Å². The smallest absolute Gasteiger partial charge is 0.193 e. The van der Waals surface area contributed by atoms with E-state index in [0.717, 1.165) is 71.3 Å². The van der Waals surface area contributed by atoms with Gasteiger partial charge in [0.2, 0.25) is 0 Å². The molecule has 148 valence electrons. The highest BCUT2D eigenvalue weighted by molar-refractivity contribution is 14.0. The first-order valence-corrected chi connectivity index (χ1v) is 9.53. The first-order chi connectivity index (χ1) is 11.6. The molecule has 0 aromatic heterocycles. The van der Waals surface area contributed by atoms with E-state index >= 15 is 0 Å². The van der Waals surface area contributed by atoms with Gasteiger partial charge < -0.3 is 19.7 Å². The summed E-state index contributed by atoms with van der Waals surface area (Å²) in [6.45, 7) is 14.3. The fourth-order valence-electron chi connectivity index (χ4n) is 3.59.